The molecule has 0 radical (unpaired) electrons. The lowest BCUT2D eigenvalue weighted by Gasteiger charge is -2.11. The molecule has 7 nitrogen and oxygen atoms in total. The maximum Gasteiger partial charge on any atom is 0.155 e. The molecule has 0 saturated heterocycles. The van der Waals surface area contributed by atoms with Crippen molar-refractivity contribution in [3.63, 3.8) is 0 Å². The quantitative estimate of drug-likeness (QED) is 0.221. The number of rotatable bonds is 16. The van der Waals surface area contributed by atoms with Gasteiger partial charge in [-0.25, -0.2) is 0 Å². The van der Waals surface area contributed by atoms with Gasteiger partial charge in [-0.3, -0.25) is 0 Å². The van der Waals surface area contributed by atoms with Gasteiger partial charge >= 0.3 is 0 Å². The Hall–Kier alpha value is -1.77. The summed E-state index contributed by atoms with van der Waals surface area (Å²) in [5.74, 6) is 1.51. The Morgan fingerprint density at radius 1 is 1.20 bits per heavy atom. The van der Waals surface area contributed by atoms with E-state index in [4.69, 9.17) is 28.1 Å². The second kappa shape index (κ2) is 15.1. The number of methoxy groups -OCH3 is 1. The van der Waals surface area contributed by atoms with Crippen molar-refractivity contribution >= 4 is 12.4 Å². The molecule has 1 aromatic rings. The van der Waals surface area contributed by atoms with Crippen LogP contribution in [0.2, 0.25) is 0 Å². The maximum absolute atomic E-state index is 11.1. The number of carbonyl (C=O) groups excluding carboxylic acids is 1. The summed E-state index contributed by atoms with van der Waals surface area (Å²) in [6.45, 7) is 11.8. The van der Waals surface area contributed by atoms with Gasteiger partial charge in [-0.2, -0.15) is 0 Å². The molecular weight excluding hydrogens is 388 g/mol. The Labute approximate surface area is 180 Å². The second-order valence-electron chi connectivity index (χ2n) is 7.10. The van der Waals surface area contributed by atoms with Crippen molar-refractivity contribution in [3.8, 4) is 0 Å². The highest BCUT2D eigenvalue weighted by molar-refractivity contribution is 5.58. The minimum atomic E-state index is -0.532. The molecule has 0 saturated carbocycles. The lowest BCUT2D eigenvalue weighted by Crippen LogP contribution is -2.16. The van der Waals surface area contributed by atoms with Gasteiger partial charge in [-0.1, -0.05) is 11.6 Å². The molecule has 0 aliphatic rings. The Kier molecular flexibility index (Phi) is 13.2. The summed E-state index contributed by atoms with van der Waals surface area (Å²) in [6.07, 6.45) is 4.40. The fourth-order valence-corrected chi connectivity index (χ4v) is 2.65. The number of hydrogen-bond donors (Lipinski definition) is 0. The zero-order chi connectivity index (χ0) is 22.4. The van der Waals surface area contributed by atoms with Crippen LogP contribution in [0.4, 0.5) is 0 Å². The van der Waals surface area contributed by atoms with Crippen molar-refractivity contribution in [2.24, 2.45) is 0 Å². The number of ether oxygens (including phenoxy) is 5. The average molecular weight is 425 g/mol. The summed E-state index contributed by atoms with van der Waals surface area (Å²) < 4.78 is 32.6. The van der Waals surface area contributed by atoms with Crippen molar-refractivity contribution < 1.29 is 32.9 Å². The first-order valence-electron chi connectivity index (χ1n) is 10.2. The van der Waals surface area contributed by atoms with Crippen LogP contribution in [0.25, 0.3) is 6.08 Å². The van der Waals surface area contributed by atoms with Crippen molar-refractivity contribution in [2.45, 2.75) is 60.0 Å². The van der Waals surface area contributed by atoms with Crippen molar-refractivity contribution in [3.05, 3.63) is 40.4 Å². The molecule has 0 aliphatic heterocycles. The van der Waals surface area contributed by atoms with Gasteiger partial charge in [-0.05, 0) is 57.9 Å². The second-order valence-corrected chi connectivity index (χ2v) is 7.10. The number of aryl methyl sites for hydroxylation is 1. The van der Waals surface area contributed by atoms with E-state index in [9.17, 15) is 4.79 Å². The number of aldehydes is 1. The first-order chi connectivity index (χ1) is 14.4. The predicted molar refractivity (Wildman–Crippen MR) is 115 cm³/mol. The Balaban J connectivity index is 2.49. The Morgan fingerprint density at radius 2 is 1.97 bits per heavy atom. The van der Waals surface area contributed by atoms with E-state index < -0.39 is 6.10 Å². The van der Waals surface area contributed by atoms with Crippen LogP contribution in [0.5, 0.6) is 0 Å². The molecule has 2 atom stereocenters. The maximum atomic E-state index is 11.1. The molecule has 0 amide bonds. The summed E-state index contributed by atoms with van der Waals surface area (Å²) in [4.78, 5) is 11.1. The Bertz CT molecular complexity index is 675. The van der Waals surface area contributed by atoms with Gasteiger partial charge in [-0.15, -0.1) is 0 Å². The van der Waals surface area contributed by atoms with Crippen LogP contribution in [-0.2, 0) is 35.1 Å². The molecule has 30 heavy (non-hydrogen) atoms. The summed E-state index contributed by atoms with van der Waals surface area (Å²) >= 11 is 0. The van der Waals surface area contributed by atoms with Gasteiger partial charge in [0.2, 0.25) is 0 Å². The van der Waals surface area contributed by atoms with Gasteiger partial charge < -0.3 is 32.9 Å². The van der Waals surface area contributed by atoms with Crippen molar-refractivity contribution in [1.82, 2.24) is 0 Å². The molecule has 1 aromatic heterocycles. The van der Waals surface area contributed by atoms with E-state index in [-0.39, 0.29) is 13.1 Å². The molecule has 1 unspecified atom stereocenters. The minimum absolute atomic E-state index is 0.0869. The fourth-order valence-electron chi connectivity index (χ4n) is 2.65. The lowest BCUT2D eigenvalue weighted by molar-refractivity contribution is -0.127. The van der Waals surface area contributed by atoms with Gasteiger partial charge in [0.05, 0.1) is 13.2 Å². The third-order valence-corrected chi connectivity index (χ3v) is 4.23. The number of furan rings is 1. The van der Waals surface area contributed by atoms with E-state index >= 15 is 0 Å². The first-order valence-corrected chi connectivity index (χ1v) is 10.2. The minimum Gasteiger partial charge on any atom is -0.459 e. The molecule has 0 aliphatic carbocycles. The van der Waals surface area contributed by atoms with E-state index in [2.05, 4.69) is 0 Å². The van der Waals surface area contributed by atoms with Crippen LogP contribution in [0.15, 0.2) is 27.7 Å². The zero-order valence-corrected chi connectivity index (χ0v) is 19.1. The molecule has 0 N–H and O–H groups in total. The highest BCUT2D eigenvalue weighted by Crippen LogP contribution is 2.20. The molecular formula is C23H36O7. The summed E-state index contributed by atoms with van der Waals surface area (Å²) in [6, 6.07) is 1.96. The third-order valence-electron chi connectivity index (χ3n) is 4.23. The molecule has 170 valence electrons. The van der Waals surface area contributed by atoms with Crippen LogP contribution in [0, 0.1) is 6.92 Å². The molecule has 1 heterocycles. The van der Waals surface area contributed by atoms with Crippen molar-refractivity contribution in [1.29, 1.82) is 0 Å². The van der Waals surface area contributed by atoms with Crippen LogP contribution in [-0.4, -0.2) is 52.4 Å². The molecule has 0 aromatic carbocycles. The predicted octanol–water partition coefficient (Wildman–Crippen LogP) is 4.43. The van der Waals surface area contributed by atoms with E-state index in [0.29, 0.717) is 32.8 Å². The van der Waals surface area contributed by atoms with Gasteiger partial charge in [0, 0.05) is 20.1 Å². The van der Waals surface area contributed by atoms with Gasteiger partial charge in [0.1, 0.15) is 37.3 Å². The zero-order valence-electron chi connectivity index (χ0n) is 19.1. The van der Waals surface area contributed by atoms with Crippen LogP contribution in [0.3, 0.4) is 0 Å². The monoisotopic (exact) mass is 424 g/mol. The van der Waals surface area contributed by atoms with E-state index in [1.807, 2.05) is 52.8 Å². The summed E-state index contributed by atoms with van der Waals surface area (Å²) in [5.41, 5.74) is 3.08. The topological polar surface area (TPSA) is 76.4 Å². The van der Waals surface area contributed by atoms with E-state index in [1.54, 1.807) is 0 Å². The Morgan fingerprint density at radius 3 is 2.63 bits per heavy atom. The van der Waals surface area contributed by atoms with Gasteiger partial charge in [0.25, 0.3) is 0 Å². The highest BCUT2D eigenvalue weighted by Gasteiger charge is 2.11. The van der Waals surface area contributed by atoms with E-state index in [1.165, 1.54) is 7.11 Å². The first kappa shape index (κ1) is 26.3. The SMILES string of the molecule is CCOC(C)OC/C=C(\C)COCc1oc(/C=C(/C)C[C@@H](C=O)OCOC)cc1C. The summed E-state index contributed by atoms with van der Waals surface area (Å²) in [5, 5.41) is 0. The van der Waals surface area contributed by atoms with E-state index in [0.717, 1.165) is 34.5 Å². The number of carbonyl (C=O) groups is 1. The highest BCUT2D eigenvalue weighted by atomic mass is 16.7. The molecule has 0 spiro atoms. The fraction of sp³-hybridized carbons (Fsp3) is 0.609. The molecule has 1 rings (SSSR count). The van der Waals surface area contributed by atoms with Crippen LogP contribution >= 0.6 is 0 Å². The number of hydrogen-bond acceptors (Lipinski definition) is 7. The van der Waals surface area contributed by atoms with Crippen LogP contribution in [0.1, 0.15) is 51.2 Å². The standard InChI is InChI=1S/C23H36O7/c1-7-27-20(5)28-9-8-17(2)14-26-15-23-19(4)12-21(30-23)10-18(3)11-22(13-24)29-16-25-6/h8,10,12-13,20,22H,7,9,11,14-16H2,1-6H3/b17-8+,18-10-/t20?,22-/m0/s1. The van der Waals surface area contributed by atoms with Gasteiger partial charge in [0.15, 0.2) is 6.29 Å². The van der Waals surface area contributed by atoms with Crippen molar-refractivity contribution in [2.75, 3.05) is 33.7 Å². The normalized spacial score (nSPS) is 14.7. The molecule has 7 heteroatoms. The summed E-state index contributed by atoms with van der Waals surface area (Å²) in [7, 11) is 1.52. The molecule has 0 bridgehead atoms. The largest absolute Gasteiger partial charge is 0.459 e. The lowest BCUT2D eigenvalue weighted by atomic mass is 10.1. The smallest absolute Gasteiger partial charge is 0.155 e. The molecule has 0 fully saturated rings. The average Bonchev–Trinajstić information content (AvgIpc) is 3.04. The van der Waals surface area contributed by atoms with Crippen LogP contribution < -0.4 is 0 Å². The third kappa shape index (κ3) is 10.8.